The highest BCUT2D eigenvalue weighted by molar-refractivity contribution is 7.80. The molecule has 0 amide bonds. The molecule has 2 N–H and O–H groups in total. The van der Waals surface area contributed by atoms with E-state index in [4.69, 9.17) is 18.0 Å². The molecule has 1 heterocycles. The van der Waals surface area contributed by atoms with Gasteiger partial charge in [0.05, 0.1) is 16.9 Å². The van der Waals surface area contributed by atoms with E-state index in [9.17, 15) is 13.2 Å². The van der Waals surface area contributed by atoms with Gasteiger partial charge in [0.25, 0.3) is 0 Å². The summed E-state index contributed by atoms with van der Waals surface area (Å²) in [6.07, 6.45) is -4.50. The van der Waals surface area contributed by atoms with Gasteiger partial charge in [0.2, 0.25) is 0 Å². The molecule has 0 spiro atoms. The van der Waals surface area contributed by atoms with E-state index in [1.54, 1.807) is 4.68 Å². The number of nitrogens with two attached hydrogens (primary N) is 1. The minimum Gasteiger partial charge on any atom is -0.389 e. The summed E-state index contributed by atoms with van der Waals surface area (Å²) in [5.74, 6) is 0. The van der Waals surface area contributed by atoms with E-state index in [2.05, 4.69) is 5.10 Å². The summed E-state index contributed by atoms with van der Waals surface area (Å²) in [4.78, 5) is -0.289. The van der Waals surface area contributed by atoms with Crippen LogP contribution >= 0.6 is 12.2 Å². The van der Waals surface area contributed by atoms with Crippen molar-refractivity contribution in [2.75, 3.05) is 0 Å². The zero-order chi connectivity index (χ0) is 15.9. The summed E-state index contributed by atoms with van der Waals surface area (Å²) in [6, 6.07) is 3.67. The first-order chi connectivity index (χ1) is 9.62. The van der Waals surface area contributed by atoms with Gasteiger partial charge < -0.3 is 5.73 Å². The topological polar surface area (TPSA) is 43.8 Å². The maximum absolute atomic E-state index is 13.0. The molecule has 0 radical (unpaired) electrons. The van der Waals surface area contributed by atoms with Crippen LogP contribution in [0.1, 0.15) is 28.1 Å². The van der Waals surface area contributed by atoms with E-state index in [1.165, 1.54) is 12.1 Å². The summed E-state index contributed by atoms with van der Waals surface area (Å²) >= 11 is 4.74. The van der Waals surface area contributed by atoms with Crippen LogP contribution in [0, 0.1) is 20.8 Å². The average molecular weight is 313 g/mol. The van der Waals surface area contributed by atoms with Crippen molar-refractivity contribution in [2.45, 2.75) is 26.9 Å². The van der Waals surface area contributed by atoms with Gasteiger partial charge in [-0.15, -0.1) is 0 Å². The number of aryl methyl sites for hydroxylation is 1. The van der Waals surface area contributed by atoms with Gasteiger partial charge in [0.1, 0.15) is 4.99 Å². The Bertz CT molecular complexity index is 717. The zero-order valence-electron chi connectivity index (χ0n) is 11.7. The highest BCUT2D eigenvalue weighted by Crippen LogP contribution is 2.33. The molecule has 2 aromatic rings. The molecule has 3 nitrogen and oxygen atoms in total. The fourth-order valence-electron chi connectivity index (χ4n) is 2.09. The molecule has 2 rings (SSSR count). The Hall–Kier alpha value is -1.89. The Labute approximate surface area is 125 Å². The fourth-order valence-corrected chi connectivity index (χ4v) is 2.26. The molecule has 0 fully saturated rings. The van der Waals surface area contributed by atoms with Gasteiger partial charge in [-0.05, 0) is 44.5 Å². The van der Waals surface area contributed by atoms with E-state index in [1.807, 2.05) is 20.8 Å². The first kappa shape index (κ1) is 15.5. The Morgan fingerprint density at radius 3 is 2.29 bits per heavy atom. The first-order valence-corrected chi connectivity index (χ1v) is 6.58. The number of thiocarbonyl (C=S) groups is 1. The second kappa shape index (κ2) is 5.14. The molecule has 0 atom stereocenters. The fraction of sp³-hybridized carbons (Fsp3) is 0.286. The summed E-state index contributed by atoms with van der Waals surface area (Å²) in [7, 11) is 0. The van der Waals surface area contributed by atoms with Crippen LogP contribution in [0.15, 0.2) is 18.2 Å². The van der Waals surface area contributed by atoms with Gasteiger partial charge in [0.15, 0.2) is 0 Å². The van der Waals surface area contributed by atoms with Gasteiger partial charge in [-0.25, -0.2) is 4.68 Å². The Balaban J connectivity index is 2.65. The number of nitrogens with zero attached hydrogens (tertiary/aromatic N) is 2. The third-order valence-corrected chi connectivity index (χ3v) is 3.69. The van der Waals surface area contributed by atoms with Crippen molar-refractivity contribution in [1.29, 1.82) is 0 Å². The van der Waals surface area contributed by atoms with Crippen LogP contribution in [0.4, 0.5) is 13.2 Å². The van der Waals surface area contributed by atoms with Gasteiger partial charge in [-0.1, -0.05) is 12.2 Å². The number of rotatable bonds is 2. The predicted molar refractivity (Wildman–Crippen MR) is 78.7 cm³/mol. The van der Waals surface area contributed by atoms with Crippen LogP contribution in [0.25, 0.3) is 5.69 Å². The molecule has 112 valence electrons. The molecule has 0 saturated heterocycles. The van der Waals surface area contributed by atoms with Gasteiger partial charge in [-0.2, -0.15) is 18.3 Å². The largest absolute Gasteiger partial charge is 0.417 e. The standard InChI is InChI=1S/C14H14F3N3S/c1-7-8(2)19-20(9(7)3)10-4-5-12(14(15,16)17)11(6-10)13(18)21/h4-6H,1-3H3,(H2,18,21). The number of hydrogen-bond donors (Lipinski definition) is 1. The number of aromatic nitrogens is 2. The Morgan fingerprint density at radius 2 is 1.86 bits per heavy atom. The van der Waals surface area contributed by atoms with Crippen LogP contribution < -0.4 is 5.73 Å². The third-order valence-electron chi connectivity index (χ3n) is 3.47. The molecule has 1 aromatic carbocycles. The van der Waals surface area contributed by atoms with E-state index < -0.39 is 11.7 Å². The first-order valence-electron chi connectivity index (χ1n) is 6.17. The lowest BCUT2D eigenvalue weighted by atomic mass is 10.1. The Morgan fingerprint density at radius 1 is 1.24 bits per heavy atom. The quantitative estimate of drug-likeness (QED) is 0.864. The molecule has 0 aliphatic carbocycles. The minimum absolute atomic E-state index is 0.194. The molecular formula is C14H14F3N3S. The van der Waals surface area contributed by atoms with Gasteiger partial charge in [-0.3, -0.25) is 0 Å². The highest BCUT2D eigenvalue weighted by atomic mass is 32.1. The molecule has 21 heavy (non-hydrogen) atoms. The molecule has 0 unspecified atom stereocenters. The maximum Gasteiger partial charge on any atom is 0.417 e. The van der Waals surface area contributed by atoms with Crippen LogP contribution in [0.3, 0.4) is 0 Å². The van der Waals surface area contributed by atoms with Crippen molar-refractivity contribution in [3.05, 3.63) is 46.3 Å². The normalized spacial score (nSPS) is 11.7. The van der Waals surface area contributed by atoms with E-state index in [0.717, 1.165) is 23.0 Å². The molecule has 1 aromatic heterocycles. The van der Waals surface area contributed by atoms with E-state index >= 15 is 0 Å². The summed E-state index contributed by atoms with van der Waals surface area (Å²) in [5, 5.41) is 4.32. The third kappa shape index (κ3) is 2.78. The van der Waals surface area contributed by atoms with Crippen molar-refractivity contribution in [3.8, 4) is 5.69 Å². The van der Waals surface area contributed by atoms with Crippen LogP contribution in [0.2, 0.25) is 0 Å². The second-order valence-corrected chi connectivity index (χ2v) is 5.24. The summed E-state index contributed by atoms with van der Waals surface area (Å²) in [5.41, 5.74) is 7.58. The number of halogens is 3. The van der Waals surface area contributed by atoms with Crippen LogP contribution in [-0.2, 0) is 6.18 Å². The van der Waals surface area contributed by atoms with Crippen molar-refractivity contribution in [3.63, 3.8) is 0 Å². The SMILES string of the molecule is Cc1nn(-c2ccc(C(F)(F)F)c(C(N)=S)c2)c(C)c1C. The lowest BCUT2D eigenvalue weighted by Crippen LogP contribution is -2.18. The molecule has 7 heteroatoms. The smallest absolute Gasteiger partial charge is 0.389 e. The average Bonchev–Trinajstić information content (AvgIpc) is 2.64. The second-order valence-electron chi connectivity index (χ2n) is 4.80. The van der Waals surface area contributed by atoms with Crippen LogP contribution in [-0.4, -0.2) is 14.8 Å². The number of hydrogen-bond acceptors (Lipinski definition) is 2. The van der Waals surface area contributed by atoms with Crippen molar-refractivity contribution in [1.82, 2.24) is 9.78 Å². The lowest BCUT2D eigenvalue weighted by molar-refractivity contribution is -0.137. The lowest BCUT2D eigenvalue weighted by Gasteiger charge is -2.14. The molecule has 0 aliphatic rings. The number of benzene rings is 1. The summed E-state index contributed by atoms with van der Waals surface area (Å²) in [6.45, 7) is 5.61. The minimum atomic E-state index is -4.50. The van der Waals surface area contributed by atoms with Crippen LogP contribution in [0.5, 0.6) is 0 Å². The maximum atomic E-state index is 13.0. The highest BCUT2D eigenvalue weighted by Gasteiger charge is 2.34. The van der Waals surface area contributed by atoms with E-state index in [0.29, 0.717) is 5.69 Å². The predicted octanol–water partition coefficient (Wildman–Crippen LogP) is 3.45. The Kier molecular flexibility index (Phi) is 3.79. The molecule has 0 bridgehead atoms. The monoisotopic (exact) mass is 313 g/mol. The molecule has 0 aliphatic heterocycles. The summed E-state index contributed by atoms with van der Waals surface area (Å²) < 4.78 is 40.4. The van der Waals surface area contributed by atoms with Crippen molar-refractivity contribution in [2.24, 2.45) is 5.73 Å². The van der Waals surface area contributed by atoms with Crippen molar-refractivity contribution < 1.29 is 13.2 Å². The van der Waals surface area contributed by atoms with Gasteiger partial charge in [0, 0.05) is 11.3 Å². The molecule has 0 saturated carbocycles. The number of alkyl halides is 3. The van der Waals surface area contributed by atoms with Crippen molar-refractivity contribution >= 4 is 17.2 Å². The zero-order valence-corrected chi connectivity index (χ0v) is 12.6. The van der Waals surface area contributed by atoms with E-state index in [-0.39, 0.29) is 10.6 Å². The van der Waals surface area contributed by atoms with Gasteiger partial charge >= 0.3 is 6.18 Å². The molecular weight excluding hydrogens is 299 g/mol.